The number of hydrogen-bond donors (Lipinski definition) is 1. The molecule has 1 aromatic heterocycles. The molecule has 1 amide bonds. The van der Waals surface area contributed by atoms with Gasteiger partial charge in [-0.25, -0.2) is 9.78 Å². The maximum absolute atomic E-state index is 13.5. The first kappa shape index (κ1) is 29.5. The third kappa shape index (κ3) is 5.95. The number of Topliss-reactive ketones (excluding diaryl/α,β-unsaturated/α-hetero) is 1. The van der Waals surface area contributed by atoms with E-state index in [1.807, 2.05) is 43.3 Å². The van der Waals surface area contributed by atoms with Crippen molar-refractivity contribution in [2.24, 2.45) is 0 Å². The van der Waals surface area contributed by atoms with Crippen molar-refractivity contribution in [1.29, 1.82) is 0 Å². The van der Waals surface area contributed by atoms with E-state index in [2.05, 4.69) is 27.6 Å². The molecule has 1 unspecified atom stereocenters. The minimum atomic E-state index is -0.958. The van der Waals surface area contributed by atoms with Crippen molar-refractivity contribution in [2.75, 3.05) is 11.5 Å². The van der Waals surface area contributed by atoms with Crippen LogP contribution in [0.15, 0.2) is 78.4 Å². The van der Waals surface area contributed by atoms with Crippen LogP contribution < -0.4 is 9.64 Å². The molecule has 10 heteroatoms. The lowest BCUT2D eigenvalue weighted by Crippen LogP contribution is -2.29. The van der Waals surface area contributed by atoms with Crippen molar-refractivity contribution in [3.05, 3.63) is 115 Å². The predicted molar refractivity (Wildman–Crippen MR) is 169 cm³/mol. The van der Waals surface area contributed by atoms with Crippen LogP contribution in [0.2, 0.25) is 0 Å². The highest BCUT2D eigenvalue weighted by atomic mass is 127. The number of anilines is 1. The average Bonchev–Trinajstić information content (AvgIpc) is 3.48. The van der Waals surface area contributed by atoms with Gasteiger partial charge in [0.05, 0.1) is 23.9 Å². The number of rotatable bonds is 8. The molecular formula is C32H27IN2O6S. The maximum Gasteiger partial charge on any atom is 0.350 e. The first-order valence-electron chi connectivity index (χ1n) is 13.2. The molecule has 1 N–H and O–H groups in total. The number of benzene rings is 3. The first-order chi connectivity index (χ1) is 20.2. The van der Waals surface area contributed by atoms with Gasteiger partial charge in [-0.05, 0) is 90.9 Å². The second kappa shape index (κ2) is 12.5. The van der Waals surface area contributed by atoms with Gasteiger partial charge in [-0.3, -0.25) is 14.5 Å². The van der Waals surface area contributed by atoms with Crippen molar-refractivity contribution in [2.45, 2.75) is 33.4 Å². The number of hydrogen-bond acceptors (Lipinski definition) is 8. The monoisotopic (exact) mass is 694 g/mol. The SMILES string of the molecule is CCOC(=O)c1sc(N2C(=O)C(=O)/C(=C(/O)c3ccc(OCc4cccc(C)c4)cc3)C2c2ccc(I)cc2)nc1C. The molecule has 1 aliphatic rings. The van der Waals surface area contributed by atoms with E-state index < -0.39 is 23.7 Å². The molecule has 1 atom stereocenters. The summed E-state index contributed by atoms with van der Waals surface area (Å²) in [6.45, 7) is 5.93. The Bertz CT molecular complexity index is 1690. The fourth-order valence-electron chi connectivity index (χ4n) is 4.69. The van der Waals surface area contributed by atoms with Crippen molar-refractivity contribution in [1.82, 2.24) is 4.98 Å². The summed E-state index contributed by atoms with van der Waals surface area (Å²) < 4.78 is 12.0. The van der Waals surface area contributed by atoms with Gasteiger partial charge in [0.1, 0.15) is 23.0 Å². The zero-order valence-electron chi connectivity index (χ0n) is 23.1. The highest BCUT2D eigenvalue weighted by Gasteiger charge is 2.48. The average molecular weight is 695 g/mol. The lowest BCUT2D eigenvalue weighted by Gasteiger charge is -2.23. The first-order valence-corrected chi connectivity index (χ1v) is 15.1. The molecule has 0 saturated carbocycles. The Balaban J connectivity index is 1.52. The molecule has 2 heterocycles. The van der Waals surface area contributed by atoms with Gasteiger partial charge in [0.15, 0.2) is 5.13 Å². The Morgan fingerprint density at radius 2 is 1.76 bits per heavy atom. The number of thiazole rings is 1. The van der Waals surface area contributed by atoms with Crippen LogP contribution in [0.5, 0.6) is 5.75 Å². The second-order valence-corrected chi connectivity index (χ2v) is 11.9. The number of ether oxygens (including phenoxy) is 2. The summed E-state index contributed by atoms with van der Waals surface area (Å²) in [5.74, 6) is -1.97. The largest absolute Gasteiger partial charge is 0.507 e. The second-order valence-electron chi connectivity index (χ2n) is 9.65. The van der Waals surface area contributed by atoms with Crippen LogP contribution in [-0.4, -0.2) is 34.4 Å². The van der Waals surface area contributed by atoms with E-state index in [4.69, 9.17) is 9.47 Å². The van der Waals surface area contributed by atoms with Gasteiger partial charge in [-0.1, -0.05) is 53.3 Å². The standard InChI is InChI=1S/C32H27IN2O6S/c1-4-40-31(39)29-19(3)34-32(42-29)35-26(21-8-12-23(33)13-9-21)25(28(37)30(35)38)27(36)22-10-14-24(15-11-22)41-17-20-7-5-6-18(2)16-20/h5-16,26,36H,4,17H2,1-3H3/b27-25+. The molecule has 0 aliphatic carbocycles. The molecule has 4 aromatic rings. The van der Waals surface area contributed by atoms with Gasteiger partial charge in [0.2, 0.25) is 0 Å². The number of aliphatic hydroxyl groups excluding tert-OH is 1. The van der Waals surface area contributed by atoms with Crippen molar-refractivity contribution < 1.29 is 29.0 Å². The summed E-state index contributed by atoms with van der Waals surface area (Å²) in [6.07, 6.45) is 0. The van der Waals surface area contributed by atoms with Gasteiger partial charge >= 0.3 is 11.9 Å². The van der Waals surface area contributed by atoms with Crippen molar-refractivity contribution in [3.8, 4) is 5.75 Å². The van der Waals surface area contributed by atoms with Gasteiger partial charge in [-0.2, -0.15) is 0 Å². The Morgan fingerprint density at radius 1 is 1.05 bits per heavy atom. The third-order valence-electron chi connectivity index (χ3n) is 6.70. The van der Waals surface area contributed by atoms with Crippen LogP contribution in [0, 0.1) is 17.4 Å². The Hall–Kier alpha value is -4.03. The lowest BCUT2D eigenvalue weighted by molar-refractivity contribution is -0.132. The van der Waals surface area contributed by atoms with Crippen LogP contribution >= 0.6 is 33.9 Å². The zero-order valence-corrected chi connectivity index (χ0v) is 26.1. The van der Waals surface area contributed by atoms with Crippen LogP contribution in [0.3, 0.4) is 0 Å². The summed E-state index contributed by atoms with van der Waals surface area (Å²) in [5, 5.41) is 11.6. The molecule has 0 radical (unpaired) electrons. The number of carbonyl (C=O) groups is 3. The van der Waals surface area contributed by atoms with E-state index >= 15 is 0 Å². The zero-order chi connectivity index (χ0) is 30.0. The molecule has 3 aromatic carbocycles. The molecule has 0 spiro atoms. The molecule has 5 rings (SSSR count). The number of ketones is 1. The molecule has 214 valence electrons. The smallest absolute Gasteiger partial charge is 0.350 e. The fourth-order valence-corrected chi connectivity index (χ4v) is 6.04. The summed E-state index contributed by atoms with van der Waals surface area (Å²) in [7, 11) is 0. The molecule has 8 nitrogen and oxygen atoms in total. The van der Waals surface area contributed by atoms with E-state index in [1.165, 1.54) is 4.90 Å². The quantitative estimate of drug-likeness (QED) is 0.0716. The van der Waals surface area contributed by atoms with E-state index in [0.29, 0.717) is 29.2 Å². The summed E-state index contributed by atoms with van der Waals surface area (Å²) in [4.78, 5) is 45.4. The number of carbonyl (C=O) groups excluding carboxylic acids is 3. The Kier molecular flexibility index (Phi) is 8.74. The molecule has 42 heavy (non-hydrogen) atoms. The molecule has 1 aliphatic heterocycles. The van der Waals surface area contributed by atoms with E-state index in [9.17, 15) is 19.5 Å². The number of aryl methyl sites for hydroxylation is 2. The molecule has 1 saturated heterocycles. The topological polar surface area (TPSA) is 106 Å². The number of halogens is 1. The highest BCUT2D eigenvalue weighted by molar-refractivity contribution is 14.1. The summed E-state index contributed by atoms with van der Waals surface area (Å²) in [5.41, 5.74) is 3.45. The van der Waals surface area contributed by atoms with Gasteiger partial charge < -0.3 is 14.6 Å². The normalized spacial score (nSPS) is 16.1. The lowest BCUT2D eigenvalue weighted by atomic mass is 9.95. The summed E-state index contributed by atoms with van der Waals surface area (Å²) in [6, 6.07) is 21.1. The minimum Gasteiger partial charge on any atom is -0.507 e. The van der Waals surface area contributed by atoms with E-state index in [1.54, 1.807) is 50.2 Å². The number of amides is 1. The maximum atomic E-state index is 13.5. The number of esters is 1. The van der Waals surface area contributed by atoms with Crippen LogP contribution in [0.1, 0.15) is 50.6 Å². The van der Waals surface area contributed by atoms with Crippen LogP contribution in [0.4, 0.5) is 5.13 Å². The van der Waals surface area contributed by atoms with Gasteiger partial charge in [0.25, 0.3) is 5.78 Å². The van der Waals surface area contributed by atoms with Crippen LogP contribution in [-0.2, 0) is 20.9 Å². The predicted octanol–water partition coefficient (Wildman–Crippen LogP) is 6.75. The van der Waals surface area contributed by atoms with Gasteiger partial charge in [-0.15, -0.1) is 0 Å². The van der Waals surface area contributed by atoms with Gasteiger partial charge in [0, 0.05) is 9.13 Å². The highest BCUT2D eigenvalue weighted by Crippen LogP contribution is 2.44. The minimum absolute atomic E-state index is 0.0693. The number of nitrogens with zero attached hydrogens (tertiary/aromatic N) is 2. The van der Waals surface area contributed by atoms with E-state index in [-0.39, 0.29) is 27.9 Å². The third-order valence-corrected chi connectivity index (χ3v) is 8.55. The number of aliphatic hydroxyl groups is 1. The molecule has 1 fully saturated rings. The molecule has 0 bridgehead atoms. The molecular weight excluding hydrogens is 667 g/mol. The van der Waals surface area contributed by atoms with Crippen LogP contribution in [0.25, 0.3) is 5.76 Å². The van der Waals surface area contributed by atoms with E-state index in [0.717, 1.165) is 26.0 Å². The summed E-state index contributed by atoms with van der Waals surface area (Å²) >= 11 is 3.14. The van der Waals surface area contributed by atoms with Crippen molar-refractivity contribution >= 4 is 62.5 Å². The fraction of sp³-hybridized carbons (Fsp3) is 0.188. The number of aromatic nitrogens is 1. The van der Waals surface area contributed by atoms with Crippen molar-refractivity contribution in [3.63, 3.8) is 0 Å². The Labute approximate surface area is 260 Å². The Morgan fingerprint density at radius 3 is 2.43 bits per heavy atom.